The Bertz CT molecular complexity index is 254. The summed E-state index contributed by atoms with van der Waals surface area (Å²) in [7, 11) is 1.63. The lowest BCUT2D eigenvalue weighted by Crippen LogP contribution is -2.19. The van der Waals surface area contributed by atoms with E-state index in [2.05, 4.69) is 32.5 Å². The SMILES string of the molecule is COc1cc(C(C)NCCBr)sn1. The van der Waals surface area contributed by atoms with Crippen molar-refractivity contribution in [3.05, 3.63) is 10.9 Å². The molecule has 0 amide bonds. The fraction of sp³-hybridized carbons (Fsp3) is 0.625. The summed E-state index contributed by atoms with van der Waals surface area (Å²) >= 11 is 4.85. The first-order valence-electron chi connectivity index (χ1n) is 4.08. The van der Waals surface area contributed by atoms with Gasteiger partial charge in [-0.2, -0.15) is 4.37 Å². The van der Waals surface area contributed by atoms with E-state index in [1.165, 1.54) is 16.4 Å². The lowest BCUT2D eigenvalue weighted by molar-refractivity contribution is 0.402. The zero-order valence-electron chi connectivity index (χ0n) is 7.71. The first kappa shape index (κ1) is 10.9. The molecule has 0 fully saturated rings. The maximum absolute atomic E-state index is 5.01. The third-order valence-electron chi connectivity index (χ3n) is 1.69. The molecule has 0 aliphatic rings. The van der Waals surface area contributed by atoms with E-state index in [1.807, 2.05) is 6.07 Å². The largest absolute Gasteiger partial charge is 0.480 e. The highest BCUT2D eigenvalue weighted by atomic mass is 79.9. The highest BCUT2D eigenvalue weighted by Crippen LogP contribution is 2.22. The molecule has 0 saturated carbocycles. The molecule has 1 N–H and O–H groups in total. The zero-order chi connectivity index (χ0) is 9.68. The fourth-order valence-corrected chi connectivity index (χ4v) is 1.89. The normalized spacial score (nSPS) is 12.8. The van der Waals surface area contributed by atoms with Crippen LogP contribution in [0.1, 0.15) is 17.8 Å². The number of alkyl halides is 1. The molecular weight excluding hydrogens is 252 g/mol. The van der Waals surface area contributed by atoms with E-state index in [0.717, 1.165) is 11.9 Å². The van der Waals surface area contributed by atoms with Gasteiger partial charge in [-0.15, -0.1) is 0 Å². The van der Waals surface area contributed by atoms with Crippen LogP contribution in [-0.2, 0) is 0 Å². The minimum Gasteiger partial charge on any atom is -0.480 e. The lowest BCUT2D eigenvalue weighted by atomic mass is 10.3. The average molecular weight is 265 g/mol. The monoisotopic (exact) mass is 264 g/mol. The molecule has 0 saturated heterocycles. The maximum Gasteiger partial charge on any atom is 0.225 e. The van der Waals surface area contributed by atoms with Crippen molar-refractivity contribution in [2.75, 3.05) is 19.0 Å². The van der Waals surface area contributed by atoms with E-state index in [1.54, 1.807) is 7.11 Å². The van der Waals surface area contributed by atoms with Crippen LogP contribution in [-0.4, -0.2) is 23.4 Å². The number of halogens is 1. The van der Waals surface area contributed by atoms with Crippen LogP contribution in [0.2, 0.25) is 0 Å². The van der Waals surface area contributed by atoms with Crippen LogP contribution in [0, 0.1) is 0 Å². The molecule has 3 nitrogen and oxygen atoms in total. The number of rotatable bonds is 5. The third-order valence-corrected chi connectivity index (χ3v) is 3.04. The maximum atomic E-state index is 5.01. The van der Waals surface area contributed by atoms with Gasteiger partial charge in [0.2, 0.25) is 5.88 Å². The van der Waals surface area contributed by atoms with E-state index >= 15 is 0 Å². The number of nitrogens with zero attached hydrogens (tertiary/aromatic N) is 1. The highest BCUT2D eigenvalue weighted by Gasteiger charge is 2.08. The molecule has 1 atom stereocenters. The number of aromatic nitrogens is 1. The van der Waals surface area contributed by atoms with Gasteiger partial charge in [0, 0.05) is 28.9 Å². The molecule has 1 aromatic rings. The Balaban J connectivity index is 2.50. The zero-order valence-corrected chi connectivity index (χ0v) is 10.1. The van der Waals surface area contributed by atoms with Gasteiger partial charge in [0.15, 0.2) is 0 Å². The number of nitrogens with one attached hydrogen (secondary N) is 1. The summed E-state index contributed by atoms with van der Waals surface area (Å²) < 4.78 is 9.14. The quantitative estimate of drug-likeness (QED) is 0.829. The molecule has 74 valence electrons. The van der Waals surface area contributed by atoms with E-state index < -0.39 is 0 Å². The molecule has 1 rings (SSSR count). The van der Waals surface area contributed by atoms with Gasteiger partial charge in [0.1, 0.15) is 0 Å². The van der Waals surface area contributed by atoms with Crippen molar-refractivity contribution in [2.45, 2.75) is 13.0 Å². The topological polar surface area (TPSA) is 34.1 Å². The summed E-state index contributed by atoms with van der Waals surface area (Å²) in [5.74, 6) is 0.701. The van der Waals surface area contributed by atoms with Crippen LogP contribution in [0.3, 0.4) is 0 Å². The van der Waals surface area contributed by atoms with E-state index in [4.69, 9.17) is 4.74 Å². The van der Waals surface area contributed by atoms with Crippen LogP contribution < -0.4 is 10.1 Å². The van der Waals surface area contributed by atoms with Crippen molar-refractivity contribution in [1.29, 1.82) is 0 Å². The summed E-state index contributed by atoms with van der Waals surface area (Å²) in [6.45, 7) is 3.08. The Labute approximate surface area is 90.8 Å². The van der Waals surface area contributed by atoms with Gasteiger partial charge in [-0.1, -0.05) is 15.9 Å². The van der Waals surface area contributed by atoms with E-state index in [9.17, 15) is 0 Å². The van der Waals surface area contributed by atoms with Crippen molar-refractivity contribution in [2.24, 2.45) is 0 Å². The highest BCUT2D eigenvalue weighted by molar-refractivity contribution is 9.09. The predicted molar refractivity (Wildman–Crippen MR) is 58.9 cm³/mol. The standard InChI is InChI=1S/C8H13BrN2OS/c1-6(10-4-3-9)7-5-8(12-2)11-13-7/h5-6,10H,3-4H2,1-2H3. The van der Waals surface area contributed by atoms with Gasteiger partial charge in [-0.3, -0.25) is 0 Å². The molecule has 1 aromatic heterocycles. The Morgan fingerprint density at radius 1 is 1.77 bits per heavy atom. The van der Waals surface area contributed by atoms with Gasteiger partial charge in [-0.25, -0.2) is 0 Å². The third kappa shape index (κ3) is 3.25. The summed E-state index contributed by atoms with van der Waals surface area (Å²) in [5.41, 5.74) is 0. The summed E-state index contributed by atoms with van der Waals surface area (Å²) in [4.78, 5) is 1.21. The number of hydrogen-bond donors (Lipinski definition) is 1. The second-order valence-electron chi connectivity index (χ2n) is 2.64. The second kappa shape index (κ2) is 5.57. The minimum absolute atomic E-state index is 0.346. The second-order valence-corrected chi connectivity index (χ2v) is 4.27. The molecule has 1 unspecified atom stereocenters. The first-order valence-corrected chi connectivity index (χ1v) is 5.97. The van der Waals surface area contributed by atoms with Crippen LogP contribution in [0.15, 0.2) is 6.07 Å². The van der Waals surface area contributed by atoms with Gasteiger partial charge < -0.3 is 10.1 Å². The fourth-order valence-electron chi connectivity index (χ4n) is 0.944. The Morgan fingerprint density at radius 3 is 3.08 bits per heavy atom. The molecule has 13 heavy (non-hydrogen) atoms. The average Bonchev–Trinajstić information content (AvgIpc) is 2.62. The number of ether oxygens (including phenoxy) is 1. The van der Waals surface area contributed by atoms with Crippen LogP contribution in [0.25, 0.3) is 0 Å². The molecule has 0 aliphatic carbocycles. The Hall–Kier alpha value is -0.130. The molecular formula is C8H13BrN2OS. The molecule has 0 aliphatic heterocycles. The van der Waals surface area contributed by atoms with Gasteiger partial charge >= 0.3 is 0 Å². The number of methoxy groups -OCH3 is 1. The smallest absolute Gasteiger partial charge is 0.225 e. The minimum atomic E-state index is 0.346. The lowest BCUT2D eigenvalue weighted by Gasteiger charge is -2.08. The molecule has 1 heterocycles. The summed E-state index contributed by atoms with van der Waals surface area (Å²) in [6, 6.07) is 2.32. The predicted octanol–water partition coefficient (Wildman–Crippen LogP) is 2.20. The van der Waals surface area contributed by atoms with E-state index in [-0.39, 0.29) is 0 Å². The van der Waals surface area contributed by atoms with E-state index in [0.29, 0.717) is 11.9 Å². The molecule has 0 radical (unpaired) electrons. The van der Waals surface area contributed by atoms with Crippen molar-refractivity contribution in [3.63, 3.8) is 0 Å². The molecule has 5 heteroatoms. The van der Waals surface area contributed by atoms with Crippen LogP contribution in [0.5, 0.6) is 5.88 Å². The molecule has 0 bridgehead atoms. The van der Waals surface area contributed by atoms with Crippen molar-refractivity contribution >= 4 is 27.5 Å². The molecule has 0 aromatic carbocycles. The summed E-state index contributed by atoms with van der Waals surface area (Å²) in [5, 5.41) is 4.32. The van der Waals surface area contributed by atoms with Gasteiger partial charge in [-0.05, 0) is 18.5 Å². The van der Waals surface area contributed by atoms with Gasteiger partial charge in [0.25, 0.3) is 0 Å². The Kier molecular flexibility index (Phi) is 4.69. The number of hydrogen-bond acceptors (Lipinski definition) is 4. The van der Waals surface area contributed by atoms with Gasteiger partial charge in [0.05, 0.1) is 7.11 Å². The first-order chi connectivity index (χ1) is 6.27. The molecule has 0 spiro atoms. The van der Waals surface area contributed by atoms with Crippen LogP contribution >= 0.6 is 27.5 Å². The van der Waals surface area contributed by atoms with Crippen LogP contribution in [0.4, 0.5) is 0 Å². The van der Waals surface area contributed by atoms with Crippen molar-refractivity contribution in [3.8, 4) is 5.88 Å². The van der Waals surface area contributed by atoms with Crippen molar-refractivity contribution < 1.29 is 4.74 Å². The van der Waals surface area contributed by atoms with Crippen molar-refractivity contribution in [1.82, 2.24) is 9.69 Å². The Morgan fingerprint density at radius 2 is 2.54 bits per heavy atom. The summed E-state index contributed by atoms with van der Waals surface area (Å²) in [6.07, 6.45) is 0.